The fourth-order valence-corrected chi connectivity index (χ4v) is 1.72. The van der Waals surface area contributed by atoms with Crippen LogP contribution in [0.1, 0.15) is 5.56 Å². The van der Waals surface area contributed by atoms with Crippen molar-refractivity contribution in [2.45, 2.75) is 0 Å². The zero-order chi connectivity index (χ0) is 14.9. The molecule has 0 aromatic heterocycles. The van der Waals surface area contributed by atoms with Crippen LogP contribution in [0.3, 0.4) is 0 Å². The highest BCUT2D eigenvalue weighted by molar-refractivity contribution is 7.80. The number of nitrogens with one attached hydrogen (secondary N) is 2. The highest BCUT2D eigenvalue weighted by atomic mass is 32.1. The van der Waals surface area contributed by atoms with Gasteiger partial charge in [0.25, 0.3) is 17.5 Å². The van der Waals surface area contributed by atoms with Crippen LogP contribution >= 0.6 is 12.2 Å². The lowest BCUT2D eigenvalue weighted by Gasteiger charge is -2.16. The number of aromatic hydroxyl groups is 1. The molecule has 3 N–H and O–H groups in total. The van der Waals surface area contributed by atoms with Crippen LogP contribution in [0.5, 0.6) is 5.75 Å². The van der Waals surface area contributed by atoms with Gasteiger partial charge in [-0.3, -0.25) is 30.3 Å². The topological polar surface area (TPSA) is 122 Å². The third kappa shape index (κ3) is 2.62. The Kier molecular flexibility index (Phi) is 3.44. The number of nitro groups is 1. The molecule has 0 unspecified atom stereocenters. The largest absolute Gasteiger partial charge is 0.507 e. The van der Waals surface area contributed by atoms with Crippen molar-refractivity contribution in [2.24, 2.45) is 0 Å². The first-order chi connectivity index (χ1) is 9.38. The molecular weight excluding hydrogens is 286 g/mol. The molecule has 1 fully saturated rings. The van der Waals surface area contributed by atoms with Crippen LogP contribution in [0, 0.1) is 10.1 Å². The number of phenols is 1. The molecule has 1 aliphatic rings. The number of phenolic OH excluding ortho intramolecular Hbond substituents is 1. The number of carbonyl (C=O) groups is 2. The molecule has 102 valence electrons. The summed E-state index contributed by atoms with van der Waals surface area (Å²) in [6.45, 7) is 0. The van der Waals surface area contributed by atoms with Crippen molar-refractivity contribution < 1.29 is 19.6 Å². The van der Waals surface area contributed by atoms with E-state index in [-0.39, 0.29) is 27.7 Å². The van der Waals surface area contributed by atoms with Gasteiger partial charge in [0.05, 0.1) is 4.92 Å². The molecule has 1 aromatic carbocycles. The summed E-state index contributed by atoms with van der Waals surface area (Å²) in [6.07, 6.45) is 1.05. The van der Waals surface area contributed by atoms with Gasteiger partial charge in [-0.1, -0.05) is 0 Å². The van der Waals surface area contributed by atoms with Crippen molar-refractivity contribution >= 4 is 40.9 Å². The van der Waals surface area contributed by atoms with Gasteiger partial charge >= 0.3 is 0 Å². The number of hydrogen-bond acceptors (Lipinski definition) is 6. The zero-order valence-electron chi connectivity index (χ0n) is 9.75. The van der Waals surface area contributed by atoms with E-state index in [0.29, 0.717) is 0 Å². The number of benzene rings is 1. The van der Waals surface area contributed by atoms with E-state index in [0.717, 1.165) is 24.3 Å². The van der Waals surface area contributed by atoms with Gasteiger partial charge in [0.15, 0.2) is 5.11 Å². The van der Waals surface area contributed by atoms with E-state index in [9.17, 15) is 24.8 Å². The Balaban J connectivity index is 2.46. The van der Waals surface area contributed by atoms with E-state index in [1.807, 2.05) is 0 Å². The summed E-state index contributed by atoms with van der Waals surface area (Å²) in [5.41, 5.74) is -0.608. The summed E-state index contributed by atoms with van der Waals surface area (Å²) in [6, 6.07) is 3.26. The van der Waals surface area contributed by atoms with Gasteiger partial charge in [-0.25, -0.2) is 0 Å². The van der Waals surface area contributed by atoms with Crippen LogP contribution in [0.2, 0.25) is 0 Å². The molecule has 8 nitrogen and oxygen atoms in total. The fraction of sp³-hybridized carbons (Fsp3) is 0. The van der Waals surface area contributed by atoms with Crippen molar-refractivity contribution in [3.05, 3.63) is 39.4 Å². The lowest BCUT2D eigenvalue weighted by atomic mass is 10.1. The van der Waals surface area contributed by atoms with Crippen LogP contribution in [0.25, 0.3) is 6.08 Å². The molecule has 1 saturated heterocycles. The number of nitrogens with zero attached hydrogens (tertiary/aromatic N) is 1. The van der Waals surface area contributed by atoms with E-state index in [2.05, 4.69) is 22.9 Å². The summed E-state index contributed by atoms with van der Waals surface area (Å²) < 4.78 is 0. The molecule has 2 amide bonds. The molecule has 1 aromatic rings. The first-order valence-electron chi connectivity index (χ1n) is 5.24. The van der Waals surface area contributed by atoms with Crippen LogP contribution in [-0.2, 0) is 9.59 Å². The minimum atomic E-state index is -0.746. The van der Waals surface area contributed by atoms with Crippen LogP contribution in [0.4, 0.5) is 5.69 Å². The molecule has 0 spiro atoms. The molecule has 0 saturated carbocycles. The maximum absolute atomic E-state index is 11.6. The van der Waals surface area contributed by atoms with Crippen LogP contribution < -0.4 is 10.6 Å². The third-order valence-corrected chi connectivity index (χ3v) is 2.67. The quantitative estimate of drug-likeness (QED) is 0.236. The average Bonchev–Trinajstić information content (AvgIpc) is 2.35. The van der Waals surface area contributed by atoms with E-state index in [4.69, 9.17) is 0 Å². The number of hydrogen-bond donors (Lipinski definition) is 3. The Labute approximate surface area is 117 Å². The number of rotatable bonds is 2. The van der Waals surface area contributed by atoms with Crippen molar-refractivity contribution in [1.29, 1.82) is 0 Å². The number of thiocarbonyl (C=S) groups is 1. The number of carbonyl (C=O) groups excluding carboxylic acids is 2. The second-order valence-electron chi connectivity index (χ2n) is 3.80. The second-order valence-corrected chi connectivity index (χ2v) is 4.20. The Hall–Kier alpha value is -2.81. The number of amides is 2. The SMILES string of the molecule is O=C1NC(=S)NC(=O)C1=Cc1cc([N+](=O)[O-])ccc1O. The predicted octanol–water partition coefficient (Wildman–Crippen LogP) is 0.215. The first kappa shape index (κ1) is 13.6. The maximum Gasteiger partial charge on any atom is 0.270 e. The molecule has 0 aliphatic carbocycles. The lowest BCUT2D eigenvalue weighted by Crippen LogP contribution is -2.51. The van der Waals surface area contributed by atoms with E-state index in [1.165, 1.54) is 0 Å². The molecular formula is C11H7N3O5S. The standard InChI is InChI=1S/C11H7N3O5S/c15-8-2-1-6(14(18)19)3-5(8)4-7-9(16)12-11(20)13-10(7)17/h1-4,15H,(H2,12,13,16,17,20). The third-order valence-electron chi connectivity index (χ3n) is 2.47. The van der Waals surface area contributed by atoms with Crippen molar-refractivity contribution in [3.63, 3.8) is 0 Å². The summed E-state index contributed by atoms with van der Waals surface area (Å²) in [4.78, 5) is 33.2. The van der Waals surface area contributed by atoms with E-state index < -0.39 is 16.7 Å². The minimum absolute atomic E-state index is 0.0210. The molecule has 2 rings (SSSR count). The second kappa shape index (κ2) is 5.05. The number of non-ortho nitro benzene ring substituents is 1. The van der Waals surface area contributed by atoms with Gasteiger partial charge in [0.1, 0.15) is 11.3 Å². The summed E-state index contributed by atoms with van der Waals surface area (Å²) in [5.74, 6) is -1.79. The molecule has 0 bridgehead atoms. The molecule has 1 aliphatic heterocycles. The van der Waals surface area contributed by atoms with Gasteiger partial charge < -0.3 is 5.11 Å². The normalized spacial score (nSPS) is 14.6. The van der Waals surface area contributed by atoms with Gasteiger partial charge in [-0.15, -0.1) is 0 Å². The van der Waals surface area contributed by atoms with Gasteiger partial charge in [0.2, 0.25) is 0 Å². The summed E-state index contributed by atoms with van der Waals surface area (Å²) >= 11 is 4.63. The summed E-state index contributed by atoms with van der Waals surface area (Å²) in [5, 5.41) is 24.6. The average molecular weight is 293 g/mol. The first-order valence-corrected chi connectivity index (χ1v) is 5.65. The maximum atomic E-state index is 11.6. The molecule has 0 atom stereocenters. The van der Waals surface area contributed by atoms with Crippen LogP contribution in [-0.4, -0.2) is 27.0 Å². The summed E-state index contributed by atoms with van der Waals surface area (Å²) in [7, 11) is 0. The Morgan fingerprint density at radius 3 is 2.40 bits per heavy atom. The molecule has 0 radical (unpaired) electrons. The molecule has 9 heteroatoms. The predicted molar refractivity (Wildman–Crippen MR) is 71.6 cm³/mol. The van der Waals surface area contributed by atoms with Gasteiger partial charge in [-0.2, -0.15) is 0 Å². The Morgan fingerprint density at radius 1 is 1.25 bits per heavy atom. The fourth-order valence-electron chi connectivity index (χ4n) is 1.53. The Bertz CT molecular complexity index is 661. The van der Waals surface area contributed by atoms with E-state index in [1.54, 1.807) is 0 Å². The lowest BCUT2D eigenvalue weighted by molar-refractivity contribution is -0.384. The highest BCUT2D eigenvalue weighted by Gasteiger charge is 2.26. The molecule has 20 heavy (non-hydrogen) atoms. The van der Waals surface area contributed by atoms with Crippen LogP contribution in [0.15, 0.2) is 23.8 Å². The van der Waals surface area contributed by atoms with Crippen molar-refractivity contribution in [2.75, 3.05) is 0 Å². The van der Waals surface area contributed by atoms with Crippen molar-refractivity contribution in [1.82, 2.24) is 10.6 Å². The minimum Gasteiger partial charge on any atom is -0.507 e. The van der Waals surface area contributed by atoms with Gasteiger partial charge in [-0.05, 0) is 24.4 Å². The monoisotopic (exact) mass is 293 g/mol. The van der Waals surface area contributed by atoms with Gasteiger partial charge in [0, 0.05) is 17.7 Å². The van der Waals surface area contributed by atoms with E-state index >= 15 is 0 Å². The van der Waals surface area contributed by atoms with Crippen molar-refractivity contribution in [3.8, 4) is 5.75 Å². The Morgan fingerprint density at radius 2 is 1.85 bits per heavy atom. The number of nitro benzene ring substituents is 1. The highest BCUT2D eigenvalue weighted by Crippen LogP contribution is 2.25. The zero-order valence-corrected chi connectivity index (χ0v) is 10.6. The molecule has 1 heterocycles. The smallest absolute Gasteiger partial charge is 0.270 e.